The van der Waals surface area contributed by atoms with Gasteiger partial charge in [0.25, 0.3) is 12.9 Å². The quantitative estimate of drug-likeness (QED) is 0.228. The highest BCUT2D eigenvalue weighted by Gasteiger charge is 2.26. The number of thiazole rings is 1. The molecule has 1 atom stereocenters. The number of nitrogens with zero attached hydrogens (tertiary/aromatic N) is 4. The molecule has 2 aliphatic heterocycles. The van der Waals surface area contributed by atoms with E-state index in [0.29, 0.717) is 19.0 Å². The summed E-state index contributed by atoms with van der Waals surface area (Å²) in [4.78, 5) is 7.00. The molecule has 11 heteroatoms. The number of piperidine rings is 1. The summed E-state index contributed by atoms with van der Waals surface area (Å²) in [6.07, 6.45) is -1.14. The third-order valence-corrected chi connectivity index (χ3v) is 8.73. The Morgan fingerprint density at radius 2 is 1.68 bits per heavy atom. The standard InChI is InChI=1S/C30H30F4N6S/c31-27(32)24-15-26(28(33)34)40(38-24)14-13-39-11-9-20(10-12-39)30-37-25(18-41-30)29-35-16-21-7-4-8-22(23(21)17-36-29)19-5-2-1-3-6-19/h1-8,13-15,18,20,27-29,35-36H,9-12,16-17H2. The number of alkyl halides is 4. The van der Waals surface area contributed by atoms with Crippen molar-refractivity contribution in [1.82, 2.24) is 30.3 Å². The summed E-state index contributed by atoms with van der Waals surface area (Å²) in [6, 6.07) is 17.6. The first-order valence-corrected chi connectivity index (χ1v) is 14.5. The van der Waals surface area contributed by atoms with E-state index in [-0.39, 0.29) is 6.17 Å². The fourth-order valence-electron chi connectivity index (χ4n) is 5.49. The molecule has 0 spiro atoms. The van der Waals surface area contributed by atoms with Gasteiger partial charge in [0, 0.05) is 49.9 Å². The van der Waals surface area contributed by atoms with Crippen LogP contribution >= 0.6 is 11.3 Å². The summed E-state index contributed by atoms with van der Waals surface area (Å²) in [5.41, 5.74) is 4.81. The fraction of sp³-hybridized carbons (Fsp3) is 0.333. The molecule has 4 heterocycles. The van der Waals surface area contributed by atoms with E-state index in [1.165, 1.54) is 28.5 Å². The third kappa shape index (κ3) is 6.07. The lowest BCUT2D eigenvalue weighted by atomic mass is 9.95. The lowest BCUT2D eigenvalue weighted by molar-refractivity contribution is 0.143. The Bertz CT molecular complexity index is 1490. The first-order valence-electron chi connectivity index (χ1n) is 13.6. The van der Waals surface area contributed by atoms with Crippen molar-refractivity contribution in [3.8, 4) is 11.1 Å². The van der Waals surface area contributed by atoms with Crippen LogP contribution in [-0.4, -0.2) is 32.8 Å². The summed E-state index contributed by atoms with van der Waals surface area (Å²) < 4.78 is 53.2. The van der Waals surface area contributed by atoms with Gasteiger partial charge in [-0.15, -0.1) is 11.3 Å². The monoisotopic (exact) mass is 582 g/mol. The predicted octanol–water partition coefficient (Wildman–Crippen LogP) is 7.08. The Hall–Kier alpha value is -3.54. The molecule has 0 bridgehead atoms. The Balaban J connectivity index is 1.07. The maximum Gasteiger partial charge on any atom is 0.282 e. The van der Waals surface area contributed by atoms with Gasteiger partial charge in [-0.1, -0.05) is 48.5 Å². The van der Waals surface area contributed by atoms with Crippen LogP contribution in [0.15, 0.2) is 66.2 Å². The Labute approximate surface area is 239 Å². The molecule has 2 aliphatic rings. The van der Waals surface area contributed by atoms with Gasteiger partial charge in [0.2, 0.25) is 0 Å². The molecule has 6 nitrogen and oxygen atoms in total. The first-order chi connectivity index (χ1) is 20.0. The van der Waals surface area contributed by atoms with Crippen molar-refractivity contribution >= 4 is 17.5 Å². The number of aromatic nitrogens is 3. The number of hydrogen-bond acceptors (Lipinski definition) is 6. The van der Waals surface area contributed by atoms with E-state index < -0.39 is 24.2 Å². The topological polar surface area (TPSA) is 58.0 Å². The van der Waals surface area contributed by atoms with Gasteiger partial charge in [-0.25, -0.2) is 27.2 Å². The van der Waals surface area contributed by atoms with Crippen molar-refractivity contribution in [3.63, 3.8) is 0 Å². The van der Waals surface area contributed by atoms with Gasteiger partial charge >= 0.3 is 0 Å². The van der Waals surface area contributed by atoms with Gasteiger partial charge in [-0.05, 0) is 41.2 Å². The molecule has 1 saturated heterocycles. The average molecular weight is 583 g/mol. The van der Waals surface area contributed by atoms with Crippen molar-refractivity contribution in [2.24, 2.45) is 0 Å². The minimum absolute atomic E-state index is 0.0599. The fourth-order valence-corrected chi connectivity index (χ4v) is 6.50. The predicted molar refractivity (Wildman–Crippen MR) is 151 cm³/mol. The summed E-state index contributed by atoms with van der Waals surface area (Å²) >= 11 is 1.67. The van der Waals surface area contributed by atoms with Gasteiger partial charge in [0.1, 0.15) is 17.6 Å². The lowest BCUT2D eigenvalue weighted by Crippen LogP contribution is -2.31. The van der Waals surface area contributed by atoms with Gasteiger partial charge in [-0.2, -0.15) is 5.10 Å². The number of likely N-dealkylation sites (tertiary alicyclic amines) is 1. The molecule has 6 rings (SSSR count). The molecule has 2 aromatic heterocycles. The molecule has 1 unspecified atom stereocenters. The third-order valence-electron chi connectivity index (χ3n) is 7.70. The normalized spacial score (nSPS) is 18.4. The lowest BCUT2D eigenvalue weighted by Gasteiger charge is -2.30. The summed E-state index contributed by atoms with van der Waals surface area (Å²) in [6.45, 7) is 2.90. The number of fused-ring (bicyclic) bond motifs is 1. The van der Waals surface area contributed by atoms with Crippen molar-refractivity contribution in [1.29, 1.82) is 0 Å². The Morgan fingerprint density at radius 3 is 2.44 bits per heavy atom. The van der Waals surface area contributed by atoms with Crippen LogP contribution in [0.4, 0.5) is 17.6 Å². The van der Waals surface area contributed by atoms with Crippen LogP contribution in [-0.2, 0) is 13.1 Å². The molecule has 1 fully saturated rings. The molecule has 2 N–H and O–H groups in total. The van der Waals surface area contributed by atoms with E-state index in [9.17, 15) is 17.6 Å². The Morgan fingerprint density at radius 1 is 0.902 bits per heavy atom. The average Bonchev–Trinajstić information content (AvgIpc) is 3.60. The van der Waals surface area contributed by atoms with E-state index in [4.69, 9.17) is 4.98 Å². The van der Waals surface area contributed by atoms with Crippen molar-refractivity contribution in [2.75, 3.05) is 13.1 Å². The number of halogens is 4. The molecule has 214 valence electrons. The largest absolute Gasteiger partial charge is 0.376 e. The van der Waals surface area contributed by atoms with Crippen LogP contribution in [0.5, 0.6) is 0 Å². The zero-order chi connectivity index (χ0) is 28.3. The first kappa shape index (κ1) is 27.6. The number of benzene rings is 2. The van der Waals surface area contributed by atoms with Crippen molar-refractivity contribution in [2.45, 2.75) is 50.9 Å². The zero-order valence-corrected chi connectivity index (χ0v) is 23.0. The van der Waals surface area contributed by atoms with E-state index in [1.807, 2.05) is 11.0 Å². The van der Waals surface area contributed by atoms with Crippen LogP contribution < -0.4 is 10.6 Å². The second-order valence-corrected chi connectivity index (χ2v) is 11.2. The molecule has 41 heavy (non-hydrogen) atoms. The number of nitrogens with one attached hydrogen (secondary N) is 2. The van der Waals surface area contributed by atoms with Gasteiger partial charge in [0.15, 0.2) is 0 Å². The second-order valence-electron chi connectivity index (χ2n) is 10.3. The second kappa shape index (κ2) is 12.1. The number of rotatable bonds is 7. The Kier molecular flexibility index (Phi) is 8.18. The SMILES string of the molecule is FC(F)c1cc(C(F)F)n(C=CN2CCC(c3nc(C4NCc5cccc(-c6ccccc6)c5CN4)cs3)CC2)n1. The van der Waals surface area contributed by atoms with E-state index in [2.05, 4.69) is 63.6 Å². The molecular formula is C30H30F4N6S. The van der Waals surface area contributed by atoms with Crippen LogP contribution in [0.1, 0.15) is 71.0 Å². The maximum atomic E-state index is 13.3. The summed E-state index contributed by atoms with van der Waals surface area (Å²) in [5.74, 6) is 0.304. The van der Waals surface area contributed by atoms with Crippen LogP contribution in [0.25, 0.3) is 17.3 Å². The van der Waals surface area contributed by atoms with Crippen LogP contribution in [0.2, 0.25) is 0 Å². The smallest absolute Gasteiger partial charge is 0.282 e. The van der Waals surface area contributed by atoms with Crippen molar-refractivity contribution < 1.29 is 17.6 Å². The van der Waals surface area contributed by atoms with Crippen LogP contribution in [0, 0.1) is 0 Å². The molecule has 0 amide bonds. The maximum absolute atomic E-state index is 13.3. The molecule has 0 radical (unpaired) electrons. The minimum atomic E-state index is -2.90. The number of hydrogen-bond donors (Lipinski definition) is 2. The molecule has 2 aromatic carbocycles. The van der Waals surface area contributed by atoms with Gasteiger partial charge in [0.05, 0.1) is 10.7 Å². The highest BCUT2D eigenvalue weighted by Crippen LogP contribution is 2.33. The minimum Gasteiger partial charge on any atom is -0.376 e. The summed E-state index contributed by atoms with van der Waals surface area (Å²) in [7, 11) is 0. The van der Waals surface area contributed by atoms with Crippen molar-refractivity contribution in [3.05, 3.63) is 99.4 Å². The zero-order valence-electron chi connectivity index (χ0n) is 22.2. The van der Waals surface area contributed by atoms with Gasteiger partial charge in [-0.3, -0.25) is 10.6 Å². The van der Waals surface area contributed by atoms with Crippen LogP contribution in [0.3, 0.4) is 0 Å². The molecule has 4 aromatic rings. The highest BCUT2D eigenvalue weighted by atomic mass is 32.1. The molecular weight excluding hydrogens is 552 g/mol. The summed E-state index contributed by atoms with van der Waals surface area (Å²) in [5, 5.41) is 14.1. The highest BCUT2D eigenvalue weighted by molar-refractivity contribution is 7.09. The molecule has 0 saturated carbocycles. The van der Waals surface area contributed by atoms with E-state index >= 15 is 0 Å². The van der Waals surface area contributed by atoms with Gasteiger partial charge < -0.3 is 4.90 Å². The van der Waals surface area contributed by atoms with E-state index in [1.54, 1.807) is 17.5 Å². The molecule has 0 aliphatic carbocycles. The van der Waals surface area contributed by atoms with E-state index in [0.717, 1.165) is 47.4 Å².